The minimum atomic E-state index is -0.916. The molecule has 0 bridgehead atoms. The van der Waals surface area contributed by atoms with Crippen molar-refractivity contribution in [3.05, 3.63) is 0 Å². The fourth-order valence-corrected chi connectivity index (χ4v) is 0.289. The van der Waals surface area contributed by atoms with Crippen molar-refractivity contribution in [1.82, 2.24) is 5.48 Å². The van der Waals surface area contributed by atoms with Crippen molar-refractivity contribution in [2.45, 2.75) is 32.9 Å². The second-order valence-corrected chi connectivity index (χ2v) is 2.34. The number of carboxylic acids is 1. The molecule has 0 aliphatic rings. The predicted octanol–water partition coefficient (Wildman–Crippen LogP) is -0.527. The molecule has 0 saturated heterocycles. The summed E-state index contributed by atoms with van der Waals surface area (Å²) in [6, 6.07) is -0.651. The van der Waals surface area contributed by atoms with E-state index in [1.807, 2.05) is 13.8 Å². The Morgan fingerprint density at radius 2 is 1.91 bits per heavy atom. The molecule has 0 aromatic rings. The monoisotopic (exact) mass is 189 g/mol. The molecule has 1 unspecified atom stereocenters. The van der Waals surface area contributed by atoms with Gasteiger partial charge in [-0.15, -0.1) is 0 Å². The van der Waals surface area contributed by atoms with Gasteiger partial charge in [0.25, 0.3) is 0 Å². The van der Waals surface area contributed by atoms with E-state index in [4.69, 9.17) is 9.94 Å². The van der Waals surface area contributed by atoms with Crippen LogP contribution in [0.3, 0.4) is 0 Å². The number of hydrogen-bond donors (Lipinski definition) is 2. The van der Waals surface area contributed by atoms with Crippen LogP contribution in [-0.4, -0.2) is 61.0 Å². The van der Waals surface area contributed by atoms with Crippen LogP contribution in [0.1, 0.15) is 20.8 Å². The van der Waals surface area contributed by atoms with E-state index in [0.29, 0.717) is 0 Å². The summed E-state index contributed by atoms with van der Waals surface area (Å²) in [5.74, 6) is -0.916. The molecule has 0 aromatic carbocycles. The molecule has 11 heavy (non-hydrogen) atoms. The number of carbonyl (C=O) groups is 1. The molecule has 2 N–H and O–H groups in total. The zero-order valence-electron chi connectivity index (χ0n) is 6.42. The van der Waals surface area contributed by atoms with Gasteiger partial charge >= 0.3 is 43.7 Å². The molecular weight excluding hydrogens is 174 g/mol. The van der Waals surface area contributed by atoms with E-state index in [-0.39, 0.29) is 43.8 Å². The standard InChI is InChI=1S/C6H13NO3.Ca.2H/c1-4(2)10-7-5(3)6(8)9;;;/h4-5,7H,1-3H3,(H,8,9);;;. The molecule has 0 aromatic heterocycles. The number of rotatable bonds is 4. The molecule has 1 atom stereocenters. The first-order valence-corrected chi connectivity index (χ1v) is 3.18. The average molecular weight is 189 g/mol. The van der Waals surface area contributed by atoms with Gasteiger partial charge in [-0.1, -0.05) is 0 Å². The van der Waals surface area contributed by atoms with Gasteiger partial charge in [0.2, 0.25) is 0 Å². The number of aliphatic carboxylic acids is 1. The third-order valence-electron chi connectivity index (χ3n) is 0.851. The Hall–Kier alpha value is 0.650. The van der Waals surface area contributed by atoms with E-state index in [1.165, 1.54) is 6.92 Å². The summed E-state index contributed by atoms with van der Waals surface area (Å²) < 4.78 is 0. The Kier molecular flexibility index (Phi) is 9.43. The van der Waals surface area contributed by atoms with E-state index in [0.717, 1.165) is 0 Å². The van der Waals surface area contributed by atoms with E-state index >= 15 is 0 Å². The Balaban J connectivity index is 0. The molecular formula is C6H15CaNO3. The molecule has 0 rings (SSSR count). The van der Waals surface area contributed by atoms with Gasteiger partial charge in [0.1, 0.15) is 6.04 Å². The molecule has 0 radical (unpaired) electrons. The maximum absolute atomic E-state index is 10.2. The minimum absolute atomic E-state index is 0. The number of carboxylic acid groups (broad SMARTS) is 1. The van der Waals surface area contributed by atoms with Gasteiger partial charge in [0.05, 0.1) is 6.10 Å². The number of nitrogens with one attached hydrogen (secondary N) is 1. The summed E-state index contributed by atoms with van der Waals surface area (Å²) in [6.07, 6.45) is 0.00167. The van der Waals surface area contributed by atoms with Crippen molar-refractivity contribution in [3.63, 3.8) is 0 Å². The van der Waals surface area contributed by atoms with Crippen LogP contribution in [0.4, 0.5) is 0 Å². The van der Waals surface area contributed by atoms with Crippen LogP contribution in [0.2, 0.25) is 0 Å². The summed E-state index contributed by atoms with van der Waals surface area (Å²) in [5.41, 5.74) is 2.38. The Bertz CT molecular complexity index is 118. The van der Waals surface area contributed by atoms with Crippen LogP contribution in [0.15, 0.2) is 0 Å². The average Bonchev–Trinajstić information content (AvgIpc) is 1.82. The molecule has 0 aliphatic carbocycles. The van der Waals surface area contributed by atoms with Gasteiger partial charge in [0, 0.05) is 0 Å². The fraction of sp³-hybridized carbons (Fsp3) is 0.833. The molecule has 4 nitrogen and oxygen atoms in total. The number of hydroxylamine groups is 1. The molecule has 5 heteroatoms. The van der Waals surface area contributed by atoms with Gasteiger partial charge < -0.3 is 5.11 Å². The van der Waals surface area contributed by atoms with Crippen molar-refractivity contribution in [2.75, 3.05) is 0 Å². The van der Waals surface area contributed by atoms with Crippen molar-refractivity contribution in [2.24, 2.45) is 0 Å². The van der Waals surface area contributed by atoms with E-state index in [2.05, 4.69) is 5.48 Å². The van der Waals surface area contributed by atoms with E-state index in [1.54, 1.807) is 0 Å². The zero-order valence-corrected chi connectivity index (χ0v) is 6.42. The molecule has 0 spiro atoms. The van der Waals surface area contributed by atoms with Gasteiger partial charge in [-0.05, 0) is 20.8 Å². The maximum atomic E-state index is 10.2. The Labute approximate surface area is 96.3 Å². The van der Waals surface area contributed by atoms with Crippen molar-refractivity contribution in [1.29, 1.82) is 0 Å². The topological polar surface area (TPSA) is 58.6 Å². The first-order valence-electron chi connectivity index (χ1n) is 3.18. The second kappa shape index (κ2) is 7.31. The van der Waals surface area contributed by atoms with Crippen molar-refractivity contribution >= 4 is 43.7 Å². The van der Waals surface area contributed by atoms with E-state index < -0.39 is 12.0 Å². The third kappa shape index (κ3) is 8.56. The summed E-state index contributed by atoms with van der Waals surface area (Å²) in [7, 11) is 0. The van der Waals surface area contributed by atoms with Gasteiger partial charge in [0.15, 0.2) is 0 Å². The second-order valence-electron chi connectivity index (χ2n) is 2.34. The summed E-state index contributed by atoms with van der Waals surface area (Å²) in [6.45, 7) is 5.16. The molecule has 0 aliphatic heterocycles. The predicted molar refractivity (Wildman–Crippen MR) is 45.0 cm³/mol. The van der Waals surface area contributed by atoms with Crippen molar-refractivity contribution in [3.8, 4) is 0 Å². The van der Waals surface area contributed by atoms with Gasteiger partial charge in [-0.2, -0.15) is 5.48 Å². The van der Waals surface area contributed by atoms with Gasteiger partial charge in [-0.3, -0.25) is 9.63 Å². The van der Waals surface area contributed by atoms with Crippen LogP contribution < -0.4 is 5.48 Å². The number of hydrogen-bond acceptors (Lipinski definition) is 3. The van der Waals surface area contributed by atoms with Crippen LogP contribution >= 0.6 is 0 Å². The molecule has 0 saturated carbocycles. The van der Waals surface area contributed by atoms with Crippen LogP contribution in [0.5, 0.6) is 0 Å². The Morgan fingerprint density at radius 1 is 1.45 bits per heavy atom. The zero-order chi connectivity index (χ0) is 8.15. The molecule has 0 amide bonds. The third-order valence-corrected chi connectivity index (χ3v) is 0.851. The first kappa shape index (κ1) is 14.2. The summed E-state index contributed by atoms with van der Waals surface area (Å²) in [4.78, 5) is 15.0. The first-order chi connectivity index (χ1) is 4.54. The summed E-state index contributed by atoms with van der Waals surface area (Å²) >= 11 is 0. The molecule has 0 fully saturated rings. The van der Waals surface area contributed by atoms with Crippen molar-refractivity contribution < 1.29 is 14.7 Å². The fourth-order valence-electron chi connectivity index (χ4n) is 0.289. The molecule has 0 heterocycles. The van der Waals surface area contributed by atoms with Gasteiger partial charge in [-0.25, -0.2) is 0 Å². The normalized spacial score (nSPS) is 12.4. The van der Waals surface area contributed by atoms with E-state index in [9.17, 15) is 4.79 Å². The van der Waals surface area contributed by atoms with Crippen LogP contribution in [0, 0.1) is 0 Å². The Morgan fingerprint density at radius 3 is 2.18 bits per heavy atom. The van der Waals surface area contributed by atoms with Crippen LogP contribution in [-0.2, 0) is 9.63 Å². The molecule has 64 valence electrons. The van der Waals surface area contributed by atoms with Crippen LogP contribution in [0.25, 0.3) is 0 Å². The summed E-state index contributed by atoms with van der Waals surface area (Å²) in [5, 5.41) is 8.35. The quantitative estimate of drug-likeness (QED) is 0.461. The SMILES string of the molecule is CC(C)ONC(C)C(=O)O.[CaH2].